The lowest BCUT2D eigenvalue weighted by atomic mass is 10.2. The van der Waals surface area contributed by atoms with Gasteiger partial charge in [0.05, 0.1) is 6.54 Å². The van der Waals surface area contributed by atoms with E-state index < -0.39 is 0 Å². The second-order valence-corrected chi connectivity index (χ2v) is 3.78. The maximum absolute atomic E-state index is 12.6. The summed E-state index contributed by atoms with van der Waals surface area (Å²) in [6.45, 7) is 0.503. The summed E-state index contributed by atoms with van der Waals surface area (Å²) in [5.41, 5.74) is 0.923. The van der Waals surface area contributed by atoms with Crippen LogP contribution in [0.25, 0.3) is 0 Å². The van der Waals surface area contributed by atoms with Gasteiger partial charge < -0.3 is 4.57 Å². The van der Waals surface area contributed by atoms with Gasteiger partial charge in [-0.05, 0) is 17.7 Å². The number of nitrogens with zero attached hydrogens (tertiary/aromatic N) is 1. The average Bonchev–Trinajstić information content (AvgIpc) is 2.56. The number of hydrogen-bond acceptors (Lipinski definition) is 2. The van der Waals surface area contributed by atoms with E-state index in [1.165, 1.54) is 12.1 Å². The van der Waals surface area contributed by atoms with Gasteiger partial charge >= 0.3 is 4.87 Å². The van der Waals surface area contributed by atoms with Crippen LogP contribution in [-0.4, -0.2) is 4.57 Å². The largest absolute Gasteiger partial charge is 0.307 e. The van der Waals surface area contributed by atoms with Crippen LogP contribution in [0.15, 0.2) is 40.6 Å². The van der Waals surface area contributed by atoms with Crippen molar-refractivity contribution in [3.8, 4) is 0 Å². The predicted molar refractivity (Wildman–Crippen MR) is 54.1 cm³/mol. The van der Waals surface area contributed by atoms with E-state index in [2.05, 4.69) is 0 Å². The van der Waals surface area contributed by atoms with Crippen molar-refractivity contribution in [2.75, 3.05) is 0 Å². The van der Waals surface area contributed by atoms with Gasteiger partial charge in [0.25, 0.3) is 0 Å². The number of aromatic nitrogens is 1. The summed E-state index contributed by atoms with van der Waals surface area (Å²) in [6, 6.07) is 6.15. The summed E-state index contributed by atoms with van der Waals surface area (Å²) >= 11 is 1.16. The zero-order chi connectivity index (χ0) is 9.97. The Morgan fingerprint density at radius 1 is 1.29 bits per heavy atom. The van der Waals surface area contributed by atoms with Crippen LogP contribution in [-0.2, 0) is 6.54 Å². The monoisotopic (exact) mass is 209 g/mol. The molecule has 0 unspecified atom stereocenters. The Labute approximate surface area is 84.3 Å². The van der Waals surface area contributed by atoms with Crippen molar-refractivity contribution >= 4 is 11.3 Å². The first kappa shape index (κ1) is 9.15. The zero-order valence-corrected chi connectivity index (χ0v) is 8.13. The van der Waals surface area contributed by atoms with Crippen molar-refractivity contribution in [1.82, 2.24) is 4.57 Å². The molecule has 0 spiro atoms. The summed E-state index contributed by atoms with van der Waals surface area (Å²) in [7, 11) is 0. The third-order valence-corrected chi connectivity index (χ3v) is 2.60. The molecule has 0 bridgehead atoms. The number of thiazole rings is 1. The van der Waals surface area contributed by atoms with Crippen LogP contribution in [0.5, 0.6) is 0 Å². The van der Waals surface area contributed by atoms with Crippen LogP contribution in [0.2, 0.25) is 0 Å². The molecule has 0 saturated heterocycles. The van der Waals surface area contributed by atoms with Gasteiger partial charge in [0.2, 0.25) is 0 Å². The molecule has 2 rings (SSSR count). The van der Waals surface area contributed by atoms with E-state index >= 15 is 0 Å². The van der Waals surface area contributed by atoms with Crippen molar-refractivity contribution in [1.29, 1.82) is 0 Å². The minimum Gasteiger partial charge on any atom is -0.302 e. The Hall–Kier alpha value is -1.42. The second kappa shape index (κ2) is 3.75. The lowest BCUT2D eigenvalue weighted by Crippen LogP contribution is -2.12. The fourth-order valence-corrected chi connectivity index (χ4v) is 1.78. The molecule has 2 nitrogen and oxygen atoms in total. The topological polar surface area (TPSA) is 22.0 Å². The number of benzene rings is 1. The van der Waals surface area contributed by atoms with Crippen molar-refractivity contribution in [2.45, 2.75) is 6.54 Å². The van der Waals surface area contributed by atoms with E-state index in [1.807, 2.05) is 0 Å². The van der Waals surface area contributed by atoms with Gasteiger partial charge in [0.1, 0.15) is 5.82 Å². The molecule has 0 amide bonds. The van der Waals surface area contributed by atoms with E-state index in [-0.39, 0.29) is 10.7 Å². The van der Waals surface area contributed by atoms with Crippen LogP contribution in [0.1, 0.15) is 5.56 Å². The average molecular weight is 209 g/mol. The van der Waals surface area contributed by atoms with Crippen LogP contribution in [0.4, 0.5) is 4.39 Å². The summed E-state index contributed by atoms with van der Waals surface area (Å²) in [5, 5.41) is 1.74. The highest BCUT2D eigenvalue weighted by atomic mass is 32.1. The standard InChI is InChI=1S/C10H8FNOS/c11-9-3-1-8(2-4-9)7-12-5-6-14-10(12)13/h1-6H,7H2. The number of rotatable bonds is 2. The summed E-state index contributed by atoms with van der Waals surface area (Å²) < 4.78 is 14.2. The zero-order valence-electron chi connectivity index (χ0n) is 7.31. The lowest BCUT2D eigenvalue weighted by Gasteiger charge is -2.00. The third kappa shape index (κ3) is 1.90. The quantitative estimate of drug-likeness (QED) is 0.742. The summed E-state index contributed by atoms with van der Waals surface area (Å²) in [6.07, 6.45) is 1.73. The lowest BCUT2D eigenvalue weighted by molar-refractivity contribution is 0.626. The molecule has 0 aliphatic carbocycles. The molecule has 4 heteroatoms. The second-order valence-electron chi connectivity index (χ2n) is 2.92. The molecule has 0 aliphatic heterocycles. The van der Waals surface area contributed by atoms with E-state index in [4.69, 9.17) is 0 Å². The normalized spacial score (nSPS) is 10.4. The maximum Gasteiger partial charge on any atom is 0.307 e. The van der Waals surface area contributed by atoms with E-state index in [0.717, 1.165) is 16.9 Å². The van der Waals surface area contributed by atoms with Gasteiger partial charge in [-0.15, -0.1) is 0 Å². The minimum atomic E-state index is -0.258. The van der Waals surface area contributed by atoms with E-state index in [9.17, 15) is 9.18 Å². The molecule has 0 N–H and O–H groups in total. The van der Waals surface area contributed by atoms with E-state index in [0.29, 0.717) is 6.54 Å². The molecule has 1 aromatic heterocycles. The Bertz CT molecular complexity index is 471. The highest BCUT2D eigenvalue weighted by molar-refractivity contribution is 7.07. The smallest absolute Gasteiger partial charge is 0.302 e. The fraction of sp³-hybridized carbons (Fsp3) is 0.100. The maximum atomic E-state index is 12.6. The van der Waals surface area contributed by atoms with Crippen LogP contribution < -0.4 is 4.87 Å². The first-order chi connectivity index (χ1) is 6.75. The predicted octanol–water partition coefficient (Wildman–Crippen LogP) is 2.10. The molecule has 0 saturated carbocycles. The van der Waals surface area contributed by atoms with Gasteiger partial charge in [-0.25, -0.2) is 4.39 Å². The van der Waals surface area contributed by atoms with Gasteiger partial charge in [0.15, 0.2) is 0 Å². The van der Waals surface area contributed by atoms with Crippen molar-refractivity contribution in [2.24, 2.45) is 0 Å². The van der Waals surface area contributed by atoms with Gasteiger partial charge in [-0.1, -0.05) is 23.5 Å². The molecule has 1 heterocycles. The molecular weight excluding hydrogens is 201 g/mol. The molecule has 0 radical (unpaired) electrons. The van der Waals surface area contributed by atoms with Crippen molar-refractivity contribution < 1.29 is 4.39 Å². The Kier molecular flexibility index (Phi) is 2.45. The minimum absolute atomic E-state index is 0.00863. The summed E-state index contributed by atoms with van der Waals surface area (Å²) in [5.74, 6) is -0.258. The highest BCUT2D eigenvalue weighted by Crippen LogP contribution is 2.04. The number of halogens is 1. The summed E-state index contributed by atoms with van der Waals surface area (Å²) in [4.78, 5) is 11.2. The Morgan fingerprint density at radius 3 is 2.57 bits per heavy atom. The fourth-order valence-electron chi connectivity index (χ4n) is 1.19. The first-order valence-electron chi connectivity index (χ1n) is 4.14. The molecule has 14 heavy (non-hydrogen) atoms. The molecule has 2 aromatic rings. The Balaban J connectivity index is 2.23. The van der Waals surface area contributed by atoms with Crippen molar-refractivity contribution in [3.63, 3.8) is 0 Å². The van der Waals surface area contributed by atoms with Crippen LogP contribution in [0.3, 0.4) is 0 Å². The molecular formula is C10H8FNOS. The first-order valence-corrected chi connectivity index (χ1v) is 5.02. The molecule has 0 fully saturated rings. The van der Waals surface area contributed by atoms with Gasteiger partial charge in [0, 0.05) is 11.6 Å². The highest BCUT2D eigenvalue weighted by Gasteiger charge is 1.98. The van der Waals surface area contributed by atoms with Crippen molar-refractivity contribution in [3.05, 3.63) is 56.9 Å². The Morgan fingerprint density at radius 2 is 2.00 bits per heavy atom. The van der Waals surface area contributed by atoms with E-state index in [1.54, 1.807) is 28.3 Å². The van der Waals surface area contributed by atoms with Crippen LogP contribution >= 0.6 is 11.3 Å². The molecule has 1 aromatic carbocycles. The number of hydrogen-bond donors (Lipinski definition) is 0. The SMILES string of the molecule is O=c1sccn1Cc1ccc(F)cc1. The van der Waals surface area contributed by atoms with Gasteiger partial charge in [-0.2, -0.15) is 0 Å². The van der Waals surface area contributed by atoms with Gasteiger partial charge in [-0.3, -0.25) is 4.79 Å². The molecule has 72 valence electrons. The molecule has 0 aliphatic rings. The van der Waals surface area contributed by atoms with Crippen LogP contribution in [0, 0.1) is 5.82 Å². The third-order valence-electron chi connectivity index (χ3n) is 1.91. The molecule has 0 atom stereocenters.